The fraction of sp³-hybridized carbons (Fsp3) is 0.688. The van der Waals surface area contributed by atoms with Gasteiger partial charge in [-0.05, 0) is 13.8 Å². The van der Waals surface area contributed by atoms with Crippen molar-refractivity contribution in [2.24, 2.45) is 0 Å². The predicted octanol–water partition coefficient (Wildman–Crippen LogP) is -1.79. The summed E-state index contributed by atoms with van der Waals surface area (Å²) < 4.78 is 0. The van der Waals surface area contributed by atoms with Gasteiger partial charge in [0.2, 0.25) is 0 Å². The molecule has 0 fully saturated rings. The summed E-state index contributed by atoms with van der Waals surface area (Å²) >= 11 is 0. The largest absolute Gasteiger partial charge is 0.480 e. The molecule has 0 aliphatic carbocycles. The van der Waals surface area contributed by atoms with Crippen molar-refractivity contribution < 1.29 is 44.4 Å². The second-order valence-electron chi connectivity index (χ2n) is 6.32. The van der Waals surface area contributed by atoms with Crippen LogP contribution in [0.2, 0.25) is 0 Å². The number of hydrogen-bond acceptors (Lipinski definition) is 8. The zero-order chi connectivity index (χ0) is 21.9. The van der Waals surface area contributed by atoms with E-state index < -0.39 is 56.1 Å². The lowest BCUT2D eigenvalue weighted by Crippen LogP contribution is -2.48. The summed E-state index contributed by atoms with van der Waals surface area (Å²) in [5.41, 5.74) is 0. The summed E-state index contributed by atoms with van der Waals surface area (Å²) in [6.45, 7) is 1.41. The molecular formula is C16H27N3O9. The number of carboxylic acid groups (broad SMARTS) is 4. The normalized spacial score (nSPS) is 12.3. The summed E-state index contributed by atoms with van der Waals surface area (Å²) in [4.78, 5) is 59.3. The number of nitrogens with zero attached hydrogens (tertiary/aromatic N) is 3. The first-order valence-corrected chi connectivity index (χ1v) is 8.48. The van der Waals surface area contributed by atoms with Gasteiger partial charge in [-0.1, -0.05) is 0 Å². The molecule has 0 rings (SSSR count). The maximum Gasteiger partial charge on any atom is 0.317 e. The van der Waals surface area contributed by atoms with Crippen molar-refractivity contribution in [2.75, 3.05) is 52.4 Å². The minimum atomic E-state index is -1.19. The van der Waals surface area contributed by atoms with Crippen LogP contribution in [0.5, 0.6) is 0 Å². The van der Waals surface area contributed by atoms with Gasteiger partial charge in [0.25, 0.3) is 0 Å². The number of aliphatic carboxylic acids is 4. The minimum absolute atomic E-state index is 0.0497. The molecule has 12 heteroatoms. The molecule has 1 unspecified atom stereocenters. The lowest BCUT2D eigenvalue weighted by atomic mass is 10.2. The van der Waals surface area contributed by atoms with Crippen LogP contribution >= 0.6 is 0 Å². The Labute approximate surface area is 161 Å². The first-order valence-electron chi connectivity index (χ1n) is 8.48. The van der Waals surface area contributed by atoms with Crippen molar-refractivity contribution in [1.82, 2.24) is 14.7 Å². The Bertz CT molecular complexity index is 510. The third kappa shape index (κ3) is 11.9. The van der Waals surface area contributed by atoms with E-state index in [2.05, 4.69) is 0 Å². The van der Waals surface area contributed by atoms with E-state index >= 15 is 0 Å². The molecular weight excluding hydrogens is 378 g/mol. The molecule has 0 saturated carbocycles. The smallest absolute Gasteiger partial charge is 0.317 e. The molecule has 0 aromatic rings. The highest BCUT2D eigenvalue weighted by Gasteiger charge is 2.22. The van der Waals surface area contributed by atoms with Crippen LogP contribution < -0.4 is 0 Å². The minimum Gasteiger partial charge on any atom is -0.480 e. The molecule has 0 saturated heterocycles. The fourth-order valence-corrected chi connectivity index (χ4v) is 2.49. The van der Waals surface area contributed by atoms with Crippen LogP contribution in [0, 0.1) is 0 Å². The number of ketones is 1. The number of hydrogen-bond donors (Lipinski definition) is 4. The third-order valence-corrected chi connectivity index (χ3v) is 3.98. The van der Waals surface area contributed by atoms with Gasteiger partial charge >= 0.3 is 23.9 Å². The molecule has 0 aliphatic heterocycles. The van der Waals surface area contributed by atoms with Gasteiger partial charge in [-0.15, -0.1) is 0 Å². The van der Waals surface area contributed by atoms with E-state index in [1.807, 2.05) is 0 Å². The number of rotatable bonds is 16. The van der Waals surface area contributed by atoms with Gasteiger partial charge in [0.15, 0.2) is 0 Å². The molecule has 0 aromatic carbocycles. The molecule has 160 valence electrons. The summed E-state index contributed by atoms with van der Waals surface area (Å²) in [5.74, 6) is -4.96. The van der Waals surface area contributed by atoms with Gasteiger partial charge in [-0.25, -0.2) is 0 Å². The molecule has 12 nitrogen and oxygen atoms in total. The highest BCUT2D eigenvalue weighted by Crippen LogP contribution is 2.03. The molecule has 4 N–H and O–H groups in total. The van der Waals surface area contributed by atoms with Crippen LogP contribution in [-0.4, -0.2) is 123 Å². The Morgan fingerprint density at radius 3 is 1.14 bits per heavy atom. The SMILES string of the molecule is CC(=O)C(C)N(CCN(CC(=O)O)CC(=O)O)CCN(CC(=O)O)CC(=O)O. The van der Waals surface area contributed by atoms with Gasteiger partial charge < -0.3 is 20.4 Å². The lowest BCUT2D eigenvalue weighted by Gasteiger charge is -2.31. The van der Waals surface area contributed by atoms with Gasteiger partial charge in [0.05, 0.1) is 32.2 Å². The number of carbonyl (C=O) groups excluding carboxylic acids is 1. The van der Waals surface area contributed by atoms with Crippen molar-refractivity contribution in [3.63, 3.8) is 0 Å². The molecule has 0 radical (unpaired) electrons. The first kappa shape index (κ1) is 25.4. The molecule has 0 heterocycles. The summed E-state index contributed by atoms with van der Waals surface area (Å²) in [6, 6.07) is -0.590. The molecule has 0 bridgehead atoms. The number of Topliss-reactive ketones (excluding diaryl/α,β-unsaturated/α-hetero) is 1. The highest BCUT2D eigenvalue weighted by atomic mass is 16.4. The van der Waals surface area contributed by atoms with Crippen LogP contribution in [0.4, 0.5) is 0 Å². The van der Waals surface area contributed by atoms with E-state index in [-0.39, 0.29) is 32.0 Å². The van der Waals surface area contributed by atoms with Gasteiger partial charge in [0.1, 0.15) is 5.78 Å². The second-order valence-corrected chi connectivity index (χ2v) is 6.32. The zero-order valence-corrected chi connectivity index (χ0v) is 15.9. The van der Waals surface area contributed by atoms with Gasteiger partial charge in [-0.3, -0.25) is 38.7 Å². The average molecular weight is 405 g/mol. The zero-order valence-electron chi connectivity index (χ0n) is 15.9. The Morgan fingerprint density at radius 2 is 0.929 bits per heavy atom. The summed E-state index contributed by atoms with van der Waals surface area (Å²) in [5, 5.41) is 35.5. The van der Waals surface area contributed by atoms with Crippen LogP contribution in [-0.2, 0) is 24.0 Å². The Hall–Kier alpha value is -2.57. The van der Waals surface area contributed by atoms with E-state index in [0.29, 0.717) is 0 Å². The predicted molar refractivity (Wildman–Crippen MR) is 95.1 cm³/mol. The Balaban J connectivity index is 5.07. The first-order chi connectivity index (χ1) is 12.9. The molecule has 1 atom stereocenters. The van der Waals surface area contributed by atoms with Crippen LogP contribution in [0.3, 0.4) is 0 Å². The molecule has 0 amide bonds. The number of carbonyl (C=O) groups is 5. The monoisotopic (exact) mass is 405 g/mol. The Kier molecular flexibility index (Phi) is 11.6. The van der Waals surface area contributed by atoms with Crippen LogP contribution in [0.1, 0.15) is 13.8 Å². The third-order valence-electron chi connectivity index (χ3n) is 3.98. The molecule has 0 spiro atoms. The van der Waals surface area contributed by atoms with Gasteiger partial charge in [-0.2, -0.15) is 0 Å². The highest BCUT2D eigenvalue weighted by molar-refractivity contribution is 5.81. The van der Waals surface area contributed by atoms with Crippen molar-refractivity contribution in [3.05, 3.63) is 0 Å². The molecule has 0 aromatic heterocycles. The van der Waals surface area contributed by atoms with Crippen molar-refractivity contribution >= 4 is 29.7 Å². The van der Waals surface area contributed by atoms with E-state index in [4.69, 9.17) is 20.4 Å². The molecule has 0 aliphatic rings. The summed E-state index contributed by atoms with van der Waals surface area (Å²) in [7, 11) is 0. The topological polar surface area (TPSA) is 176 Å². The van der Waals surface area contributed by atoms with Crippen LogP contribution in [0.15, 0.2) is 0 Å². The fourth-order valence-electron chi connectivity index (χ4n) is 2.49. The average Bonchev–Trinajstić information content (AvgIpc) is 2.51. The Morgan fingerprint density at radius 1 is 0.643 bits per heavy atom. The van der Waals surface area contributed by atoms with E-state index in [1.165, 1.54) is 16.7 Å². The van der Waals surface area contributed by atoms with Crippen molar-refractivity contribution in [2.45, 2.75) is 19.9 Å². The van der Waals surface area contributed by atoms with Gasteiger partial charge in [0, 0.05) is 26.2 Å². The maximum absolute atomic E-state index is 11.7. The quantitative estimate of drug-likeness (QED) is 0.227. The molecule has 28 heavy (non-hydrogen) atoms. The summed E-state index contributed by atoms with van der Waals surface area (Å²) in [6.07, 6.45) is 0. The van der Waals surface area contributed by atoms with Crippen molar-refractivity contribution in [1.29, 1.82) is 0 Å². The van der Waals surface area contributed by atoms with Crippen molar-refractivity contribution in [3.8, 4) is 0 Å². The second kappa shape index (κ2) is 12.8. The number of carboxylic acids is 4. The standard InChI is InChI=1S/C16H27N3O9/c1-11(12(2)20)19(5-3-17(7-13(21)22)8-14(23)24)6-4-18(9-15(25)26)10-16(27)28/h11H,3-10H2,1-2H3,(H,21,22)(H,23,24)(H,25,26)(H,27,28). The van der Waals surface area contributed by atoms with E-state index in [9.17, 15) is 24.0 Å². The van der Waals surface area contributed by atoms with Crippen LogP contribution in [0.25, 0.3) is 0 Å². The maximum atomic E-state index is 11.7. The lowest BCUT2D eigenvalue weighted by molar-refractivity contribution is -0.143. The van der Waals surface area contributed by atoms with E-state index in [0.717, 1.165) is 0 Å². The van der Waals surface area contributed by atoms with E-state index in [1.54, 1.807) is 11.8 Å².